The minimum atomic E-state index is -0.812. The second kappa shape index (κ2) is 6.19. The summed E-state index contributed by atoms with van der Waals surface area (Å²) in [6.07, 6.45) is 0.675. The number of rotatable bonds is 5. The summed E-state index contributed by atoms with van der Waals surface area (Å²) in [4.78, 5) is 4.27. The minimum Gasteiger partial charge on any atom is -0.395 e. The van der Waals surface area contributed by atoms with E-state index in [-0.39, 0.29) is 12.4 Å². The predicted molar refractivity (Wildman–Crippen MR) is 73.7 cm³/mol. The maximum atomic E-state index is 9.75. The number of aliphatic imine (C=N–C) groups is 1. The smallest absolute Gasteiger partial charge is 0.173 e. The third-order valence-corrected chi connectivity index (χ3v) is 2.52. The molecule has 1 unspecified atom stereocenters. The first-order valence-electron chi connectivity index (χ1n) is 5.78. The molecule has 0 aliphatic carbocycles. The van der Waals surface area contributed by atoms with Gasteiger partial charge in [0.25, 0.3) is 0 Å². The van der Waals surface area contributed by atoms with Gasteiger partial charge in [-0.1, -0.05) is 12.1 Å². The first-order valence-corrected chi connectivity index (χ1v) is 5.78. The van der Waals surface area contributed by atoms with Gasteiger partial charge in [-0.3, -0.25) is 5.32 Å². The third-order valence-electron chi connectivity index (χ3n) is 2.52. The Kier molecular flexibility index (Phi) is 4.35. The maximum absolute atomic E-state index is 9.75. The van der Waals surface area contributed by atoms with Crippen LogP contribution in [-0.4, -0.2) is 41.1 Å². The van der Waals surface area contributed by atoms with E-state index in [1.165, 1.54) is 6.21 Å². The highest BCUT2D eigenvalue weighted by Gasteiger charge is 2.08. The average molecular weight is 261 g/mol. The molecule has 7 heteroatoms. The third kappa shape index (κ3) is 3.44. The first kappa shape index (κ1) is 13.3. The van der Waals surface area contributed by atoms with Gasteiger partial charge in [-0.15, -0.1) is 5.10 Å². The number of nitrogens with two attached hydrogens (primary N) is 1. The summed E-state index contributed by atoms with van der Waals surface area (Å²) in [6.45, 7) is 0.301. The number of aliphatic hydroxyl groups excluding tert-OH is 2. The normalized spacial score (nSPS) is 17.8. The fraction of sp³-hybridized carbons (Fsp3) is 0.250. The van der Waals surface area contributed by atoms with Crippen LogP contribution in [0.15, 0.2) is 39.5 Å². The zero-order valence-corrected chi connectivity index (χ0v) is 10.2. The summed E-state index contributed by atoms with van der Waals surface area (Å²) in [5.41, 5.74) is 7.49. The standard InChI is InChI=1S/C12H15N5O2/c13-11-10(7-15-17-11)16-9-3-1-8(2-4-9)12(19)14-5-6-18/h1-4,7,12,14,18-19H,5-6H2,(H2,13,16,17). The molecule has 1 heterocycles. The Hall–Kier alpha value is -2.09. The Labute approximate surface area is 110 Å². The summed E-state index contributed by atoms with van der Waals surface area (Å²) in [6, 6.07) is 7.00. The van der Waals surface area contributed by atoms with Gasteiger partial charge in [-0.05, 0) is 17.7 Å². The number of nitrogens with zero attached hydrogens (tertiary/aromatic N) is 3. The summed E-state index contributed by atoms with van der Waals surface area (Å²) in [5.74, 6) is 0.286. The summed E-state index contributed by atoms with van der Waals surface area (Å²) >= 11 is 0. The second-order valence-electron chi connectivity index (χ2n) is 3.90. The molecule has 0 saturated heterocycles. The molecule has 1 aromatic rings. The monoisotopic (exact) mass is 261 g/mol. The van der Waals surface area contributed by atoms with E-state index >= 15 is 0 Å². The van der Waals surface area contributed by atoms with Gasteiger partial charge in [-0.2, -0.15) is 5.10 Å². The van der Waals surface area contributed by atoms with Crippen LogP contribution in [0, 0.1) is 0 Å². The highest BCUT2D eigenvalue weighted by Crippen LogP contribution is 2.17. The molecule has 0 amide bonds. The van der Waals surface area contributed by atoms with Gasteiger partial charge in [0.2, 0.25) is 0 Å². The van der Waals surface area contributed by atoms with Gasteiger partial charge in [0.1, 0.15) is 11.9 Å². The lowest BCUT2D eigenvalue weighted by molar-refractivity contribution is 0.129. The lowest BCUT2D eigenvalue weighted by Gasteiger charge is -2.12. The minimum absolute atomic E-state index is 0.0270. The summed E-state index contributed by atoms with van der Waals surface area (Å²) in [5, 5.41) is 28.5. The van der Waals surface area contributed by atoms with E-state index in [1.54, 1.807) is 24.3 Å². The van der Waals surface area contributed by atoms with Crippen LogP contribution in [0.1, 0.15) is 11.8 Å². The topological polar surface area (TPSA) is 116 Å². The molecule has 0 aromatic heterocycles. The molecule has 1 aliphatic rings. The van der Waals surface area contributed by atoms with E-state index in [0.717, 1.165) is 0 Å². The van der Waals surface area contributed by atoms with Crippen LogP contribution in [0.2, 0.25) is 0 Å². The van der Waals surface area contributed by atoms with E-state index in [2.05, 4.69) is 20.5 Å². The largest absolute Gasteiger partial charge is 0.395 e. The van der Waals surface area contributed by atoms with Crippen molar-refractivity contribution in [3.8, 4) is 0 Å². The lowest BCUT2D eigenvalue weighted by atomic mass is 10.2. The molecule has 0 spiro atoms. The Bertz CT molecular complexity index is 521. The van der Waals surface area contributed by atoms with Crippen molar-refractivity contribution in [3.05, 3.63) is 29.8 Å². The van der Waals surface area contributed by atoms with Crippen LogP contribution in [-0.2, 0) is 0 Å². The Morgan fingerprint density at radius 2 is 2.05 bits per heavy atom. The number of amidine groups is 1. The molecule has 0 bridgehead atoms. The van der Waals surface area contributed by atoms with E-state index < -0.39 is 6.23 Å². The molecular weight excluding hydrogens is 246 g/mol. The Morgan fingerprint density at radius 1 is 1.32 bits per heavy atom. The van der Waals surface area contributed by atoms with Crippen LogP contribution < -0.4 is 11.1 Å². The molecule has 0 radical (unpaired) electrons. The number of aliphatic hydroxyl groups is 2. The number of hydrogen-bond acceptors (Lipinski definition) is 7. The molecule has 5 N–H and O–H groups in total. The van der Waals surface area contributed by atoms with Gasteiger partial charge in [0, 0.05) is 6.54 Å². The zero-order chi connectivity index (χ0) is 13.7. The first-order chi connectivity index (χ1) is 9.20. The number of nitrogens with one attached hydrogen (secondary N) is 1. The van der Waals surface area contributed by atoms with E-state index in [0.29, 0.717) is 23.5 Å². The molecule has 100 valence electrons. The van der Waals surface area contributed by atoms with Crippen LogP contribution >= 0.6 is 0 Å². The van der Waals surface area contributed by atoms with Gasteiger partial charge >= 0.3 is 0 Å². The van der Waals surface area contributed by atoms with E-state index in [9.17, 15) is 5.11 Å². The van der Waals surface area contributed by atoms with Crippen LogP contribution in [0.3, 0.4) is 0 Å². The van der Waals surface area contributed by atoms with Crippen molar-refractivity contribution < 1.29 is 10.2 Å². The predicted octanol–water partition coefficient (Wildman–Crippen LogP) is -0.312. The molecule has 7 nitrogen and oxygen atoms in total. The average Bonchev–Trinajstić information content (AvgIpc) is 2.82. The van der Waals surface area contributed by atoms with Crippen molar-refractivity contribution in [2.75, 3.05) is 13.2 Å². The van der Waals surface area contributed by atoms with Crippen LogP contribution in [0.25, 0.3) is 0 Å². The highest BCUT2D eigenvalue weighted by atomic mass is 16.3. The fourth-order valence-corrected chi connectivity index (χ4v) is 1.54. The fourth-order valence-electron chi connectivity index (χ4n) is 1.54. The number of hydrogen-bond donors (Lipinski definition) is 4. The molecule has 1 aromatic carbocycles. The van der Waals surface area contributed by atoms with Gasteiger partial charge in [0.05, 0.1) is 18.5 Å². The second-order valence-corrected chi connectivity index (χ2v) is 3.90. The van der Waals surface area contributed by atoms with E-state index in [1.807, 2.05) is 0 Å². The molecular formula is C12H15N5O2. The Morgan fingerprint density at radius 3 is 2.63 bits per heavy atom. The molecule has 1 aliphatic heterocycles. The van der Waals surface area contributed by atoms with Crippen LogP contribution in [0.5, 0.6) is 0 Å². The van der Waals surface area contributed by atoms with E-state index in [4.69, 9.17) is 10.8 Å². The maximum Gasteiger partial charge on any atom is 0.173 e. The Balaban J connectivity index is 2.06. The van der Waals surface area contributed by atoms with Gasteiger partial charge in [0.15, 0.2) is 5.84 Å². The van der Waals surface area contributed by atoms with Crippen molar-refractivity contribution in [1.82, 2.24) is 5.32 Å². The lowest BCUT2D eigenvalue weighted by Crippen LogP contribution is -2.23. The van der Waals surface area contributed by atoms with Gasteiger partial charge < -0.3 is 15.9 Å². The zero-order valence-electron chi connectivity index (χ0n) is 10.2. The molecule has 0 fully saturated rings. The molecule has 1 atom stereocenters. The van der Waals surface area contributed by atoms with Crippen molar-refractivity contribution in [1.29, 1.82) is 0 Å². The van der Waals surface area contributed by atoms with Crippen molar-refractivity contribution in [2.45, 2.75) is 6.23 Å². The van der Waals surface area contributed by atoms with Crippen molar-refractivity contribution >= 4 is 23.4 Å². The van der Waals surface area contributed by atoms with Crippen molar-refractivity contribution in [3.63, 3.8) is 0 Å². The van der Waals surface area contributed by atoms with Gasteiger partial charge in [-0.25, -0.2) is 4.99 Å². The molecule has 2 rings (SSSR count). The summed E-state index contributed by atoms with van der Waals surface area (Å²) in [7, 11) is 0. The highest BCUT2D eigenvalue weighted by molar-refractivity contribution is 6.63. The summed E-state index contributed by atoms with van der Waals surface area (Å²) < 4.78 is 0. The molecule has 19 heavy (non-hydrogen) atoms. The van der Waals surface area contributed by atoms with Crippen LogP contribution in [0.4, 0.5) is 5.69 Å². The quantitative estimate of drug-likeness (QED) is 0.544. The van der Waals surface area contributed by atoms with Crippen molar-refractivity contribution in [2.24, 2.45) is 20.9 Å². The SMILES string of the molecule is NC1=NN=CC1=Nc1ccc(C(O)NCCO)cc1. The molecule has 0 saturated carbocycles. The number of benzene rings is 1.